The van der Waals surface area contributed by atoms with Crippen LogP contribution < -0.4 is 5.73 Å². The third-order valence-electron chi connectivity index (χ3n) is 4.14. The van der Waals surface area contributed by atoms with Crippen LogP contribution in [-0.2, 0) is 12.2 Å². The van der Waals surface area contributed by atoms with E-state index in [0.717, 1.165) is 12.3 Å². The first kappa shape index (κ1) is 20.1. The molecular formula is C20H28ClNS. The van der Waals surface area contributed by atoms with Gasteiger partial charge in [-0.05, 0) is 36.3 Å². The Balaban J connectivity index is 0.00000264. The van der Waals surface area contributed by atoms with E-state index in [1.807, 2.05) is 11.8 Å². The summed E-state index contributed by atoms with van der Waals surface area (Å²) >= 11 is 2.00. The molecule has 0 heterocycles. The van der Waals surface area contributed by atoms with Gasteiger partial charge in [0.1, 0.15) is 0 Å². The van der Waals surface area contributed by atoms with Crippen LogP contribution in [0.1, 0.15) is 30.9 Å². The number of hydrogen-bond acceptors (Lipinski definition) is 2. The molecule has 0 saturated carbocycles. The molecule has 2 N–H and O–H groups in total. The number of hydrogen-bond donors (Lipinski definition) is 1. The van der Waals surface area contributed by atoms with Crippen LogP contribution in [0.15, 0.2) is 60.7 Å². The largest absolute Gasteiger partial charge is 0.329 e. The first-order valence-corrected chi connectivity index (χ1v) is 9.24. The van der Waals surface area contributed by atoms with Gasteiger partial charge < -0.3 is 5.73 Å². The first-order chi connectivity index (χ1) is 10.8. The lowest BCUT2D eigenvalue weighted by molar-refractivity contribution is 0.493. The Morgan fingerprint density at radius 3 is 2.04 bits per heavy atom. The molecule has 0 saturated heterocycles. The van der Waals surface area contributed by atoms with E-state index in [2.05, 4.69) is 67.6 Å². The predicted molar refractivity (Wildman–Crippen MR) is 106 cm³/mol. The number of halogens is 1. The molecule has 0 radical (unpaired) electrons. The maximum absolute atomic E-state index is 6.00. The second-order valence-electron chi connectivity index (χ2n) is 5.93. The van der Waals surface area contributed by atoms with Crippen LogP contribution in [0.25, 0.3) is 0 Å². The molecule has 0 aliphatic carbocycles. The van der Waals surface area contributed by atoms with Gasteiger partial charge in [0.05, 0.1) is 0 Å². The SMILES string of the molecule is CC(CCCc1ccccc1)C(CN)SCc1ccccc1.Cl. The molecule has 0 aliphatic heterocycles. The maximum atomic E-state index is 6.00. The van der Waals surface area contributed by atoms with Gasteiger partial charge in [0.15, 0.2) is 0 Å². The minimum Gasteiger partial charge on any atom is -0.329 e. The predicted octanol–water partition coefficient (Wildman–Crippen LogP) is 5.33. The molecule has 0 aromatic heterocycles. The summed E-state index contributed by atoms with van der Waals surface area (Å²) in [6, 6.07) is 21.4. The van der Waals surface area contributed by atoms with Crippen molar-refractivity contribution in [3.05, 3.63) is 71.8 Å². The van der Waals surface area contributed by atoms with Gasteiger partial charge in [-0.3, -0.25) is 0 Å². The van der Waals surface area contributed by atoms with E-state index >= 15 is 0 Å². The third-order valence-corrected chi connectivity index (χ3v) is 5.73. The van der Waals surface area contributed by atoms with Crippen molar-refractivity contribution in [3.8, 4) is 0 Å². The second-order valence-corrected chi connectivity index (χ2v) is 7.15. The smallest absolute Gasteiger partial charge is 0.0199 e. The minimum atomic E-state index is 0. The zero-order valence-corrected chi connectivity index (χ0v) is 15.5. The highest BCUT2D eigenvalue weighted by molar-refractivity contribution is 7.99. The van der Waals surface area contributed by atoms with E-state index in [1.54, 1.807) is 0 Å². The highest BCUT2D eigenvalue weighted by Gasteiger charge is 2.16. The minimum absolute atomic E-state index is 0. The Bertz CT molecular complexity index is 518. The van der Waals surface area contributed by atoms with Gasteiger partial charge in [-0.25, -0.2) is 0 Å². The van der Waals surface area contributed by atoms with E-state index in [1.165, 1.54) is 30.4 Å². The molecule has 126 valence electrons. The summed E-state index contributed by atoms with van der Waals surface area (Å²) in [5.74, 6) is 1.73. The molecule has 2 atom stereocenters. The summed E-state index contributed by atoms with van der Waals surface area (Å²) in [4.78, 5) is 0. The molecule has 23 heavy (non-hydrogen) atoms. The molecule has 2 rings (SSSR count). The van der Waals surface area contributed by atoms with E-state index in [0.29, 0.717) is 11.2 Å². The van der Waals surface area contributed by atoms with Gasteiger partial charge in [0.2, 0.25) is 0 Å². The fraction of sp³-hybridized carbons (Fsp3) is 0.400. The van der Waals surface area contributed by atoms with Crippen molar-refractivity contribution in [2.24, 2.45) is 11.7 Å². The normalized spacial score (nSPS) is 13.1. The van der Waals surface area contributed by atoms with E-state index < -0.39 is 0 Å². The Labute approximate surface area is 151 Å². The van der Waals surface area contributed by atoms with Crippen molar-refractivity contribution >= 4 is 24.2 Å². The quantitative estimate of drug-likeness (QED) is 0.662. The van der Waals surface area contributed by atoms with Crippen LogP contribution in [-0.4, -0.2) is 11.8 Å². The molecule has 2 aromatic rings. The summed E-state index contributed by atoms with van der Waals surface area (Å²) in [5, 5.41) is 0.552. The Hall–Kier alpha value is -0.960. The molecule has 0 bridgehead atoms. The lowest BCUT2D eigenvalue weighted by atomic mass is 9.98. The number of aryl methyl sites for hydroxylation is 1. The molecular weight excluding hydrogens is 322 g/mol. The molecule has 0 spiro atoms. The van der Waals surface area contributed by atoms with Gasteiger partial charge in [0.25, 0.3) is 0 Å². The Morgan fingerprint density at radius 1 is 0.913 bits per heavy atom. The van der Waals surface area contributed by atoms with Crippen LogP contribution in [0.4, 0.5) is 0 Å². The van der Waals surface area contributed by atoms with Crippen molar-refractivity contribution in [3.63, 3.8) is 0 Å². The number of nitrogens with two attached hydrogens (primary N) is 1. The first-order valence-electron chi connectivity index (χ1n) is 8.19. The van der Waals surface area contributed by atoms with Gasteiger partial charge in [-0.1, -0.05) is 67.6 Å². The number of thioether (sulfide) groups is 1. The van der Waals surface area contributed by atoms with E-state index in [9.17, 15) is 0 Å². The standard InChI is InChI=1S/C20H27NS.ClH/c1-17(9-8-14-18-10-4-2-5-11-18)20(15-21)22-16-19-12-6-3-7-13-19;/h2-7,10-13,17,20H,8-9,14-16,21H2,1H3;1H. The maximum Gasteiger partial charge on any atom is 0.0199 e. The van der Waals surface area contributed by atoms with Crippen LogP contribution in [0.3, 0.4) is 0 Å². The molecule has 2 unspecified atom stereocenters. The second kappa shape index (κ2) is 11.6. The molecule has 2 aromatic carbocycles. The van der Waals surface area contributed by atoms with Gasteiger partial charge in [-0.2, -0.15) is 11.8 Å². The van der Waals surface area contributed by atoms with E-state index in [-0.39, 0.29) is 12.4 Å². The summed E-state index contributed by atoms with van der Waals surface area (Å²) in [6.45, 7) is 3.12. The van der Waals surface area contributed by atoms with Crippen molar-refractivity contribution < 1.29 is 0 Å². The topological polar surface area (TPSA) is 26.0 Å². The van der Waals surface area contributed by atoms with E-state index in [4.69, 9.17) is 5.73 Å². The molecule has 1 nitrogen and oxygen atoms in total. The van der Waals surface area contributed by atoms with Crippen LogP contribution in [0.2, 0.25) is 0 Å². The third kappa shape index (κ3) is 7.43. The fourth-order valence-corrected chi connectivity index (χ4v) is 3.90. The van der Waals surface area contributed by atoms with Gasteiger partial charge in [0, 0.05) is 17.5 Å². The summed E-state index contributed by atoms with van der Waals surface area (Å²) < 4.78 is 0. The monoisotopic (exact) mass is 349 g/mol. The molecule has 0 fully saturated rings. The molecule has 0 aliphatic rings. The lowest BCUT2D eigenvalue weighted by Gasteiger charge is -2.22. The highest BCUT2D eigenvalue weighted by Crippen LogP contribution is 2.26. The number of rotatable bonds is 9. The summed E-state index contributed by atoms with van der Waals surface area (Å²) in [6.07, 6.45) is 3.66. The number of benzene rings is 2. The lowest BCUT2D eigenvalue weighted by Crippen LogP contribution is -2.24. The van der Waals surface area contributed by atoms with Gasteiger partial charge in [-0.15, -0.1) is 12.4 Å². The fourth-order valence-electron chi connectivity index (χ4n) is 2.70. The van der Waals surface area contributed by atoms with Crippen LogP contribution in [0.5, 0.6) is 0 Å². The van der Waals surface area contributed by atoms with Crippen molar-refractivity contribution in [2.45, 2.75) is 37.2 Å². The summed E-state index contributed by atoms with van der Waals surface area (Å²) in [7, 11) is 0. The molecule has 0 amide bonds. The van der Waals surface area contributed by atoms with Crippen molar-refractivity contribution in [1.29, 1.82) is 0 Å². The van der Waals surface area contributed by atoms with Gasteiger partial charge >= 0.3 is 0 Å². The highest BCUT2D eigenvalue weighted by atomic mass is 35.5. The molecule has 3 heteroatoms. The Morgan fingerprint density at radius 2 is 1.48 bits per heavy atom. The average Bonchev–Trinajstić information content (AvgIpc) is 2.57. The zero-order chi connectivity index (χ0) is 15.6. The van der Waals surface area contributed by atoms with Crippen LogP contribution in [0, 0.1) is 5.92 Å². The van der Waals surface area contributed by atoms with Crippen molar-refractivity contribution in [1.82, 2.24) is 0 Å². The average molecular weight is 350 g/mol. The zero-order valence-electron chi connectivity index (χ0n) is 13.9. The van der Waals surface area contributed by atoms with Crippen LogP contribution >= 0.6 is 24.2 Å². The van der Waals surface area contributed by atoms with Crippen molar-refractivity contribution in [2.75, 3.05) is 6.54 Å². The summed E-state index contributed by atoms with van der Waals surface area (Å²) in [5.41, 5.74) is 8.83. The Kier molecular flexibility index (Phi) is 10.1.